The molecule has 24 heavy (non-hydrogen) atoms. The van der Waals surface area contributed by atoms with Crippen LogP contribution in [0.4, 0.5) is 8.78 Å². The highest BCUT2D eigenvalue weighted by Crippen LogP contribution is 2.50. The molecule has 1 aromatic heterocycles. The van der Waals surface area contributed by atoms with Crippen molar-refractivity contribution in [2.24, 2.45) is 5.92 Å². The van der Waals surface area contributed by atoms with Crippen molar-refractivity contribution in [1.82, 2.24) is 15.0 Å². The number of carbonyl (C=O) groups excluding carboxylic acids is 1. The van der Waals surface area contributed by atoms with Crippen LogP contribution in [0.5, 0.6) is 0 Å². The van der Waals surface area contributed by atoms with E-state index in [2.05, 4.69) is 10.1 Å². The van der Waals surface area contributed by atoms with Gasteiger partial charge in [-0.05, 0) is 37.8 Å². The summed E-state index contributed by atoms with van der Waals surface area (Å²) < 4.78 is 32.8. The molecule has 0 unspecified atom stereocenters. The third-order valence-corrected chi connectivity index (χ3v) is 5.29. The van der Waals surface area contributed by atoms with Gasteiger partial charge in [0.1, 0.15) is 0 Å². The van der Waals surface area contributed by atoms with Crippen LogP contribution in [0.25, 0.3) is 0 Å². The number of hydrogen-bond donors (Lipinski definition) is 0. The molecule has 2 atom stereocenters. The molecule has 5 nitrogen and oxygen atoms in total. The Bertz CT molecular complexity index is 807. The van der Waals surface area contributed by atoms with E-state index in [1.54, 1.807) is 11.8 Å². The lowest BCUT2D eigenvalue weighted by molar-refractivity contribution is 0.0769. The second kappa shape index (κ2) is 5.36. The molecule has 2 aliphatic rings. The topological polar surface area (TPSA) is 59.2 Å². The predicted molar refractivity (Wildman–Crippen MR) is 80.3 cm³/mol. The quantitative estimate of drug-likeness (QED) is 0.848. The Kier molecular flexibility index (Phi) is 3.40. The molecule has 4 rings (SSSR count). The van der Waals surface area contributed by atoms with Crippen molar-refractivity contribution in [3.8, 4) is 0 Å². The molecule has 2 fully saturated rings. The van der Waals surface area contributed by atoms with Crippen LogP contribution in [0, 0.1) is 24.5 Å². The highest BCUT2D eigenvalue weighted by atomic mass is 19.2. The molecule has 2 heterocycles. The van der Waals surface area contributed by atoms with E-state index in [1.165, 1.54) is 12.1 Å². The van der Waals surface area contributed by atoms with Crippen molar-refractivity contribution in [1.29, 1.82) is 0 Å². The molecular formula is C17H17F2N3O2. The van der Waals surface area contributed by atoms with E-state index in [-0.39, 0.29) is 16.9 Å². The van der Waals surface area contributed by atoms with E-state index in [4.69, 9.17) is 4.52 Å². The minimum atomic E-state index is -1.10. The first-order valence-electron chi connectivity index (χ1n) is 8.05. The van der Waals surface area contributed by atoms with Crippen molar-refractivity contribution in [3.63, 3.8) is 0 Å². The van der Waals surface area contributed by atoms with Crippen molar-refractivity contribution >= 4 is 5.91 Å². The first-order valence-corrected chi connectivity index (χ1v) is 8.05. The fourth-order valence-electron chi connectivity index (χ4n) is 4.13. The lowest BCUT2D eigenvalue weighted by atomic mass is 9.80. The maximum absolute atomic E-state index is 14.0. The van der Waals surface area contributed by atoms with Gasteiger partial charge in [0, 0.05) is 13.1 Å². The van der Waals surface area contributed by atoms with Gasteiger partial charge in [0.2, 0.25) is 5.89 Å². The molecule has 1 saturated heterocycles. The maximum atomic E-state index is 14.0. The van der Waals surface area contributed by atoms with Crippen molar-refractivity contribution in [3.05, 3.63) is 47.1 Å². The first kappa shape index (κ1) is 15.2. The SMILES string of the molecule is Cc1noc([C@]23CCC[C@H]2CN(C(=O)c2cccc(F)c2F)C3)n1. The van der Waals surface area contributed by atoms with Crippen LogP contribution in [0.15, 0.2) is 22.7 Å². The minimum absolute atomic E-state index is 0.206. The largest absolute Gasteiger partial charge is 0.339 e. The van der Waals surface area contributed by atoms with Crippen LogP contribution in [0.3, 0.4) is 0 Å². The normalized spacial score (nSPS) is 26.0. The lowest BCUT2D eigenvalue weighted by Gasteiger charge is -2.24. The summed E-state index contributed by atoms with van der Waals surface area (Å²) in [6.45, 7) is 2.65. The minimum Gasteiger partial charge on any atom is -0.339 e. The summed E-state index contributed by atoms with van der Waals surface area (Å²) in [7, 11) is 0. The summed E-state index contributed by atoms with van der Waals surface area (Å²) in [6.07, 6.45) is 2.84. The summed E-state index contributed by atoms with van der Waals surface area (Å²) in [5, 5.41) is 3.87. The fraction of sp³-hybridized carbons (Fsp3) is 0.471. The number of aryl methyl sites for hydroxylation is 1. The average molecular weight is 333 g/mol. The van der Waals surface area contributed by atoms with E-state index in [0.29, 0.717) is 24.8 Å². The second-order valence-corrected chi connectivity index (χ2v) is 6.68. The summed E-state index contributed by atoms with van der Waals surface area (Å²) in [6, 6.07) is 3.67. The van der Waals surface area contributed by atoms with Gasteiger partial charge in [-0.3, -0.25) is 4.79 Å². The van der Waals surface area contributed by atoms with Gasteiger partial charge in [-0.25, -0.2) is 8.78 Å². The van der Waals surface area contributed by atoms with Gasteiger partial charge in [0.05, 0.1) is 11.0 Å². The molecule has 1 aliphatic carbocycles. The Morgan fingerprint density at radius 2 is 2.25 bits per heavy atom. The number of carbonyl (C=O) groups is 1. The van der Waals surface area contributed by atoms with Gasteiger partial charge in [-0.1, -0.05) is 17.6 Å². The number of halogens is 2. The second-order valence-electron chi connectivity index (χ2n) is 6.68. The fourth-order valence-corrected chi connectivity index (χ4v) is 4.13. The summed E-state index contributed by atoms with van der Waals surface area (Å²) in [5.41, 5.74) is -0.590. The molecule has 0 radical (unpaired) electrons. The van der Waals surface area contributed by atoms with Crippen LogP contribution < -0.4 is 0 Å². The third-order valence-electron chi connectivity index (χ3n) is 5.29. The van der Waals surface area contributed by atoms with E-state index >= 15 is 0 Å². The highest BCUT2D eigenvalue weighted by molar-refractivity contribution is 5.94. The molecule has 1 amide bonds. The highest BCUT2D eigenvalue weighted by Gasteiger charge is 2.55. The Morgan fingerprint density at radius 3 is 3.00 bits per heavy atom. The molecule has 2 aromatic rings. The monoisotopic (exact) mass is 333 g/mol. The number of amides is 1. The van der Waals surface area contributed by atoms with Gasteiger partial charge in [0.25, 0.3) is 5.91 Å². The van der Waals surface area contributed by atoms with Crippen LogP contribution in [0.1, 0.15) is 41.3 Å². The number of aromatic nitrogens is 2. The molecule has 0 bridgehead atoms. The molecule has 7 heteroatoms. The zero-order chi connectivity index (χ0) is 16.9. The lowest BCUT2D eigenvalue weighted by Crippen LogP contribution is -2.35. The maximum Gasteiger partial charge on any atom is 0.256 e. The Balaban J connectivity index is 1.66. The molecule has 1 saturated carbocycles. The molecule has 126 valence electrons. The Hall–Kier alpha value is -2.31. The summed E-state index contributed by atoms with van der Waals surface area (Å²) >= 11 is 0. The standard InChI is InChI=1S/C17H17F2N3O2/c1-10-20-16(24-21-10)17-7-3-4-11(17)8-22(9-17)15(23)12-5-2-6-13(18)14(12)19/h2,5-6,11H,3-4,7-9H2,1H3/t11-,17-/m0/s1. The zero-order valence-electron chi connectivity index (χ0n) is 13.3. The number of rotatable bonds is 2. The van der Waals surface area contributed by atoms with E-state index in [0.717, 1.165) is 25.3 Å². The van der Waals surface area contributed by atoms with Gasteiger partial charge < -0.3 is 9.42 Å². The van der Waals surface area contributed by atoms with Gasteiger partial charge in [-0.2, -0.15) is 4.98 Å². The summed E-state index contributed by atoms with van der Waals surface area (Å²) in [4.78, 5) is 18.6. The van der Waals surface area contributed by atoms with E-state index in [1.807, 2.05) is 0 Å². The van der Waals surface area contributed by atoms with E-state index < -0.39 is 17.5 Å². The zero-order valence-corrected chi connectivity index (χ0v) is 13.3. The number of benzene rings is 1. The number of likely N-dealkylation sites (tertiary alicyclic amines) is 1. The molecule has 0 spiro atoms. The number of hydrogen-bond acceptors (Lipinski definition) is 4. The van der Waals surface area contributed by atoms with Crippen LogP contribution in [-0.2, 0) is 5.41 Å². The van der Waals surface area contributed by atoms with Gasteiger partial charge >= 0.3 is 0 Å². The number of nitrogens with zero attached hydrogens (tertiary/aromatic N) is 3. The van der Waals surface area contributed by atoms with Crippen molar-refractivity contribution < 1.29 is 18.1 Å². The number of fused-ring (bicyclic) bond motifs is 1. The van der Waals surface area contributed by atoms with E-state index in [9.17, 15) is 13.6 Å². The Labute approximate surface area is 137 Å². The van der Waals surface area contributed by atoms with Crippen molar-refractivity contribution in [2.75, 3.05) is 13.1 Å². The smallest absolute Gasteiger partial charge is 0.256 e. The van der Waals surface area contributed by atoms with Crippen molar-refractivity contribution in [2.45, 2.75) is 31.6 Å². The molecule has 0 N–H and O–H groups in total. The molecular weight excluding hydrogens is 316 g/mol. The van der Waals surface area contributed by atoms with Crippen LogP contribution >= 0.6 is 0 Å². The molecule has 1 aromatic carbocycles. The first-order chi connectivity index (χ1) is 11.5. The van der Waals surface area contributed by atoms with Crippen LogP contribution in [-0.4, -0.2) is 34.0 Å². The summed E-state index contributed by atoms with van der Waals surface area (Å²) in [5.74, 6) is -1.27. The molecule has 1 aliphatic heterocycles. The Morgan fingerprint density at radius 1 is 1.42 bits per heavy atom. The third kappa shape index (κ3) is 2.14. The van der Waals surface area contributed by atoms with Gasteiger partial charge in [0.15, 0.2) is 17.5 Å². The average Bonchev–Trinajstić information content (AvgIpc) is 3.22. The predicted octanol–water partition coefficient (Wildman–Crippen LogP) is 2.85. The van der Waals surface area contributed by atoms with Crippen LogP contribution in [0.2, 0.25) is 0 Å². The van der Waals surface area contributed by atoms with Gasteiger partial charge in [-0.15, -0.1) is 0 Å².